The van der Waals surface area contributed by atoms with Gasteiger partial charge in [-0.1, -0.05) is 19.8 Å². The first-order valence-corrected chi connectivity index (χ1v) is 5.30. The Morgan fingerprint density at radius 3 is 2.50 bits per heavy atom. The number of amides is 1. The van der Waals surface area contributed by atoms with Gasteiger partial charge in [0.2, 0.25) is 0 Å². The molecule has 1 fully saturated rings. The predicted molar refractivity (Wildman–Crippen MR) is 50.5 cm³/mol. The topological polar surface area (TPSA) is 29.1 Å². The van der Waals surface area contributed by atoms with Gasteiger partial charge in [0.25, 0.3) is 5.91 Å². The summed E-state index contributed by atoms with van der Waals surface area (Å²) in [6.45, 7) is 2.03. The standard InChI is InChI=1S/C10H15F4NO/c1-6-3-2-4-7(6)5-15-9(16)10(13,14)8(11)12/h6-8H,2-5H2,1H3,(H,15,16). The van der Waals surface area contributed by atoms with Crippen molar-refractivity contribution in [3.05, 3.63) is 0 Å². The van der Waals surface area contributed by atoms with Crippen molar-refractivity contribution in [1.82, 2.24) is 5.32 Å². The molecule has 1 rings (SSSR count). The van der Waals surface area contributed by atoms with Crippen molar-refractivity contribution in [3.8, 4) is 0 Å². The third-order valence-electron chi connectivity index (χ3n) is 3.14. The molecule has 0 spiro atoms. The zero-order chi connectivity index (χ0) is 12.3. The molecule has 94 valence electrons. The average Bonchev–Trinajstić information content (AvgIpc) is 2.60. The van der Waals surface area contributed by atoms with Gasteiger partial charge in [-0.3, -0.25) is 4.79 Å². The number of rotatable bonds is 4. The minimum absolute atomic E-state index is 0.0578. The second kappa shape index (κ2) is 5.01. The van der Waals surface area contributed by atoms with Crippen LogP contribution in [0.4, 0.5) is 17.6 Å². The number of halogens is 4. The first-order valence-electron chi connectivity index (χ1n) is 5.30. The molecular formula is C10H15F4NO. The molecule has 1 aliphatic carbocycles. The lowest BCUT2D eigenvalue weighted by Crippen LogP contribution is -2.46. The van der Waals surface area contributed by atoms with Crippen molar-refractivity contribution < 1.29 is 22.4 Å². The molecular weight excluding hydrogens is 226 g/mol. The lowest BCUT2D eigenvalue weighted by molar-refractivity contribution is -0.169. The summed E-state index contributed by atoms with van der Waals surface area (Å²) in [6, 6.07) is 0. The predicted octanol–water partition coefficient (Wildman–Crippen LogP) is 2.44. The highest BCUT2D eigenvalue weighted by atomic mass is 19.3. The molecule has 1 N–H and O–H groups in total. The summed E-state index contributed by atoms with van der Waals surface area (Å²) >= 11 is 0. The smallest absolute Gasteiger partial charge is 0.350 e. The summed E-state index contributed by atoms with van der Waals surface area (Å²) in [6.07, 6.45) is -1.12. The quantitative estimate of drug-likeness (QED) is 0.752. The molecule has 0 saturated heterocycles. The number of nitrogens with one attached hydrogen (secondary N) is 1. The van der Waals surface area contributed by atoms with E-state index < -0.39 is 18.3 Å². The number of alkyl halides is 4. The van der Waals surface area contributed by atoms with Gasteiger partial charge in [0, 0.05) is 6.54 Å². The molecule has 6 heteroatoms. The second-order valence-corrected chi connectivity index (χ2v) is 4.30. The van der Waals surface area contributed by atoms with Crippen LogP contribution < -0.4 is 5.32 Å². The van der Waals surface area contributed by atoms with Gasteiger partial charge in [-0.15, -0.1) is 0 Å². The van der Waals surface area contributed by atoms with Crippen LogP contribution in [0.3, 0.4) is 0 Å². The number of carbonyl (C=O) groups is 1. The van der Waals surface area contributed by atoms with Gasteiger partial charge in [0.05, 0.1) is 0 Å². The first kappa shape index (κ1) is 13.3. The van der Waals surface area contributed by atoms with Crippen LogP contribution in [0.25, 0.3) is 0 Å². The van der Waals surface area contributed by atoms with E-state index in [2.05, 4.69) is 0 Å². The molecule has 0 aromatic carbocycles. The van der Waals surface area contributed by atoms with Crippen molar-refractivity contribution >= 4 is 5.91 Å². The molecule has 2 atom stereocenters. The van der Waals surface area contributed by atoms with Gasteiger partial charge in [0.1, 0.15) is 0 Å². The highest BCUT2D eigenvalue weighted by molar-refractivity contribution is 5.83. The van der Waals surface area contributed by atoms with Crippen LogP contribution in [0.15, 0.2) is 0 Å². The van der Waals surface area contributed by atoms with Gasteiger partial charge in [-0.2, -0.15) is 8.78 Å². The van der Waals surface area contributed by atoms with Crippen molar-refractivity contribution in [2.75, 3.05) is 6.54 Å². The van der Waals surface area contributed by atoms with Gasteiger partial charge in [-0.05, 0) is 18.3 Å². The highest BCUT2D eigenvalue weighted by Crippen LogP contribution is 2.31. The fourth-order valence-corrected chi connectivity index (χ4v) is 1.97. The Hall–Kier alpha value is -0.810. The lowest BCUT2D eigenvalue weighted by atomic mass is 9.98. The van der Waals surface area contributed by atoms with E-state index in [9.17, 15) is 22.4 Å². The summed E-state index contributed by atoms with van der Waals surface area (Å²) in [7, 11) is 0. The Kier molecular flexibility index (Phi) is 4.15. The molecule has 0 radical (unpaired) electrons. The molecule has 2 nitrogen and oxygen atoms in total. The van der Waals surface area contributed by atoms with E-state index in [0.717, 1.165) is 19.3 Å². The summed E-state index contributed by atoms with van der Waals surface area (Å²) in [4.78, 5) is 10.8. The zero-order valence-corrected chi connectivity index (χ0v) is 8.98. The van der Waals surface area contributed by atoms with Crippen LogP contribution in [0.5, 0.6) is 0 Å². The van der Waals surface area contributed by atoms with Crippen LogP contribution in [0, 0.1) is 11.8 Å². The normalized spacial score (nSPS) is 26.1. The molecule has 0 aromatic rings. The Bertz CT molecular complexity index is 257. The number of hydrogen-bond acceptors (Lipinski definition) is 1. The van der Waals surface area contributed by atoms with Crippen LogP contribution in [-0.4, -0.2) is 24.8 Å². The number of carbonyl (C=O) groups excluding carboxylic acids is 1. The summed E-state index contributed by atoms with van der Waals surface area (Å²) < 4.78 is 48.8. The molecule has 1 saturated carbocycles. The Labute approximate surface area is 91.4 Å². The minimum Gasteiger partial charge on any atom is -0.350 e. The summed E-state index contributed by atoms with van der Waals surface area (Å²) in [5.41, 5.74) is 0. The van der Waals surface area contributed by atoms with Crippen LogP contribution in [0.2, 0.25) is 0 Å². The maximum atomic E-state index is 12.5. The molecule has 0 bridgehead atoms. The van der Waals surface area contributed by atoms with E-state index >= 15 is 0 Å². The molecule has 2 unspecified atom stereocenters. The number of hydrogen-bond donors (Lipinski definition) is 1. The lowest BCUT2D eigenvalue weighted by Gasteiger charge is -2.19. The van der Waals surface area contributed by atoms with E-state index in [1.54, 1.807) is 0 Å². The van der Waals surface area contributed by atoms with Crippen molar-refractivity contribution in [2.45, 2.75) is 38.5 Å². The first-order chi connectivity index (χ1) is 7.35. The maximum absolute atomic E-state index is 12.5. The molecule has 1 aliphatic rings. The SMILES string of the molecule is CC1CCCC1CNC(=O)C(F)(F)C(F)F. The fourth-order valence-electron chi connectivity index (χ4n) is 1.97. The van der Waals surface area contributed by atoms with Gasteiger partial charge >= 0.3 is 12.3 Å². The van der Waals surface area contributed by atoms with Crippen LogP contribution in [0.1, 0.15) is 26.2 Å². The molecule has 0 heterocycles. The van der Waals surface area contributed by atoms with Crippen LogP contribution >= 0.6 is 0 Å². The monoisotopic (exact) mass is 241 g/mol. The molecule has 1 amide bonds. The van der Waals surface area contributed by atoms with E-state index in [1.807, 2.05) is 12.2 Å². The zero-order valence-electron chi connectivity index (χ0n) is 8.98. The van der Waals surface area contributed by atoms with Crippen molar-refractivity contribution in [3.63, 3.8) is 0 Å². The van der Waals surface area contributed by atoms with Crippen LogP contribution in [-0.2, 0) is 4.79 Å². The molecule has 16 heavy (non-hydrogen) atoms. The third-order valence-corrected chi connectivity index (χ3v) is 3.14. The van der Waals surface area contributed by atoms with E-state index in [0.29, 0.717) is 5.92 Å². The minimum atomic E-state index is -4.58. The Morgan fingerprint density at radius 2 is 2.06 bits per heavy atom. The van der Waals surface area contributed by atoms with Gasteiger partial charge < -0.3 is 5.32 Å². The summed E-state index contributed by atoms with van der Waals surface area (Å²) in [5, 5.41) is 1.91. The molecule has 0 aromatic heterocycles. The van der Waals surface area contributed by atoms with E-state index in [4.69, 9.17) is 0 Å². The Balaban J connectivity index is 2.40. The average molecular weight is 241 g/mol. The largest absolute Gasteiger partial charge is 0.383 e. The van der Waals surface area contributed by atoms with Gasteiger partial charge in [-0.25, -0.2) is 8.78 Å². The maximum Gasteiger partial charge on any atom is 0.383 e. The highest BCUT2D eigenvalue weighted by Gasteiger charge is 2.48. The second-order valence-electron chi connectivity index (χ2n) is 4.30. The fraction of sp³-hybridized carbons (Fsp3) is 0.900. The summed E-state index contributed by atoms with van der Waals surface area (Å²) in [5.74, 6) is -5.98. The van der Waals surface area contributed by atoms with Gasteiger partial charge in [0.15, 0.2) is 0 Å². The molecule has 0 aliphatic heterocycles. The van der Waals surface area contributed by atoms with Crippen molar-refractivity contribution in [2.24, 2.45) is 11.8 Å². The third kappa shape index (κ3) is 2.86. The van der Waals surface area contributed by atoms with Crippen molar-refractivity contribution in [1.29, 1.82) is 0 Å². The van der Waals surface area contributed by atoms with E-state index in [1.165, 1.54) is 0 Å². The van der Waals surface area contributed by atoms with E-state index in [-0.39, 0.29) is 12.5 Å². The Morgan fingerprint density at radius 1 is 1.44 bits per heavy atom.